The fraction of sp³-hybridized carbons (Fsp3) is 0.529. The number of ether oxygens (including phenoxy) is 2. The topological polar surface area (TPSA) is 61.2 Å². The average molecular weight is 314 g/mol. The zero-order valence-corrected chi connectivity index (χ0v) is 13.6. The maximum absolute atomic E-state index is 5.57. The molecular weight excluding hydrogens is 292 g/mol. The summed E-state index contributed by atoms with van der Waals surface area (Å²) in [6.45, 7) is 6.24. The van der Waals surface area contributed by atoms with Gasteiger partial charge in [0.25, 0.3) is 0 Å². The van der Waals surface area contributed by atoms with E-state index in [-0.39, 0.29) is 0 Å². The normalized spacial score (nSPS) is 19.2. The number of nitrogens with one attached hydrogen (secondary N) is 1. The van der Waals surface area contributed by atoms with Crippen LogP contribution in [0.15, 0.2) is 18.2 Å². The molecule has 0 aliphatic carbocycles. The molecule has 6 nitrogen and oxygen atoms in total. The maximum atomic E-state index is 5.57. The van der Waals surface area contributed by atoms with Crippen molar-refractivity contribution in [3.8, 4) is 11.5 Å². The monoisotopic (exact) mass is 314 g/mol. The number of benzene rings is 1. The van der Waals surface area contributed by atoms with Gasteiger partial charge in [0.15, 0.2) is 17.3 Å². The van der Waals surface area contributed by atoms with Gasteiger partial charge in [0, 0.05) is 30.5 Å². The summed E-state index contributed by atoms with van der Waals surface area (Å²) >= 11 is 0. The van der Waals surface area contributed by atoms with Gasteiger partial charge < -0.3 is 14.8 Å². The molecule has 1 atom stereocenters. The fourth-order valence-corrected chi connectivity index (χ4v) is 3.12. The van der Waals surface area contributed by atoms with Crippen LogP contribution in [0.4, 0.5) is 0 Å². The lowest BCUT2D eigenvalue weighted by Crippen LogP contribution is -2.37. The van der Waals surface area contributed by atoms with Gasteiger partial charge >= 0.3 is 0 Å². The van der Waals surface area contributed by atoms with Gasteiger partial charge in [-0.25, -0.2) is 9.67 Å². The molecule has 0 radical (unpaired) electrons. The summed E-state index contributed by atoms with van der Waals surface area (Å²) in [5.74, 6) is 4.16. The Balaban J connectivity index is 1.42. The molecule has 0 amide bonds. The number of hydrogen-bond acceptors (Lipinski definition) is 5. The Labute approximate surface area is 135 Å². The molecule has 1 N–H and O–H groups in total. The second-order valence-electron chi connectivity index (χ2n) is 6.49. The second-order valence-corrected chi connectivity index (χ2v) is 6.49. The molecule has 2 aliphatic rings. The van der Waals surface area contributed by atoms with Gasteiger partial charge in [0.1, 0.15) is 5.82 Å². The van der Waals surface area contributed by atoms with Crippen LogP contribution >= 0.6 is 0 Å². The zero-order valence-electron chi connectivity index (χ0n) is 13.6. The Morgan fingerprint density at radius 1 is 1.35 bits per heavy atom. The molecule has 0 fully saturated rings. The predicted octanol–water partition coefficient (Wildman–Crippen LogP) is 2.23. The number of nitrogens with zero attached hydrogens (tertiary/aromatic N) is 3. The Morgan fingerprint density at radius 2 is 2.26 bits per heavy atom. The van der Waals surface area contributed by atoms with Gasteiger partial charge in [-0.2, -0.15) is 5.10 Å². The van der Waals surface area contributed by atoms with Crippen LogP contribution < -0.4 is 14.8 Å². The molecule has 0 bridgehead atoms. The van der Waals surface area contributed by atoms with Crippen molar-refractivity contribution in [2.45, 2.75) is 51.7 Å². The number of para-hydroxylation sites is 1. The van der Waals surface area contributed by atoms with Crippen molar-refractivity contribution in [2.24, 2.45) is 0 Å². The van der Waals surface area contributed by atoms with E-state index in [2.05, 4.69) is 40.0 Å². The molecule has 3 heterocycles. The molecule has 0 spiro atoms. The number of fused-ring (bicyclic) bond motifs is 2. The van der Waals surface area contributed by atoms with Crippen molar-refractivity contribution in [1.82, 2.24) is 20.1 Å². The molecule has 2 aliphatic heterocycles. The van der Waals surface area contributed by atoms with Crippen LogP contribution in [0.25, 0.3) is 0 Å². The van der Waals surface area contributed by atoms with Crippen LogP contribution in [-0.2, 0) is 19.5 Å². The van der Waals surface area contributed by atoms with E-state index in [0.29, 0.717) is 18.8 Å². The molecule has 122 valence electrons. The first kappa shape index (κ1) is 14.5. The first-order valence-corrected chi connectivity index (χ1v) is 8.25. The van der Waals surface area contributed by atoms with Gasteiger partial charge in [0.2, 0.25) is 6.79 Å². The van der Waals surface area contributed by atoms with Crippen LogP contribution in [0.3, 0.4) is 0 Å². The van der Waals surface area contributed by atoms with Crippen LogP contribution in [0.2, 0.25) is 0 Å². The van der Waals surface area contributed by atoms with Gasteiger partial charge in [-0.05, 0) is 12.5 Å². The minimum Gasteiger partial charge on any atom is -0.454 e. The van der Waals surface area contributed by atoms with E-state index in [1.165, 1.54) is 0 Å². The quantitative estimate of drug-likeness (QED) is 0.938. The molecule has 1 aromatic heterocycles. The van der Waals surface area contributed by atoms with E-state index in [4.69, 9.17) is 9.47 Å². The lowest BCUT2D eigenvalue weighted by atomic mass is 10.1. The third-order valence-electron chi connectivity index (χ3n) is 4.45. The van der Waals surface area contributed by atoms with Gasteiger partial charge in [0.05, 0.1) is 6.54 Å². The average Bonchev–Trinajstić information content (AvgIpc) is 3.18. The predicted molar refractivity (Wildman–Crippen MR) is 85.6 cm³/mol. The second kappa shape index (κ2) is 5.85. The highest BCUT2D eigenvalue weighted by molar-refractivity contribution is 5.48. The van der Waals surface area contributed by atoms with Crippen LogP contribution in [0, 0.1) is 0 Å². The number of rotatable bonds is 4. The van der Waals surface area contributed by atoms with Crippen molar-refractivity contribution in [1.29, 1.82) is 0 Å². The Hall–Kier alpha value is -2.08. The van der Waals surface area contributed by atoms with Crippen LogP contribution in [0.1, 0.15) is 43.4 Å². The van der Waals surface area contributed by atoms with E-state index < -0.39 is 0 Å². The van der Waals surface area contributed by atoms with Crippen molar-refractivity contribution in [3.63, 3.8) is 0 Å². The lowest BCUT2D eigenvalue weighted by Gasteiger charge is -2.23. The minimum absolute atomic E-state index is 0.316. The molecule has 1 unspecified atom stereocenters. The molecular formula is C17H22N4O2. The molecule has 6 heteroatoms. The van der Waals surface area contributed by atoms with E-state index in [0.717, 1.165) is 54.6 Å². The number of aryl methyl sites for hydroxylation is 1. The van der Waals surface area contributed by atoms with E-state index >= 15 is 0 Å². The molecule has 1 aromatic carbocycles. The summed E-state index contributed by atoms with van der Waals surface area (Å²) < 4.78 is 13.1. The fourth-order valence-electron chi connectivity index (χ4n) is 3.12. The third-order valence-corrected chi connectivity index (χ3v) is 4.45. The standard InChI is InChI=1S/C17H22N4O2/c1-11(2)17-19-15-7-6-13(9-21(15)20-17)18-8-12-4-3-5-14-16(12)23-10-22-14/h3-5,11,13,18H,6-10H2,1-2H3. The van der Waals surface area contributed by atoms with Gasteiger partial charge in [-0.15, -0.1) is 0 Å². The first-order chi connectivity index (χ1) is 11.2. The zero-order chi connectivity index (χ0) is 15.8. The van der Waals surface area contributed by atoms with Crippen molar-refractivity contribution in [3.05, 3.63) is 35.4 Å². The minimum atomic E-state index is 0.316. The third kappa shape index (κ3) is 2.79. The maximum Gasteiger partial charge on any atom is 0.231 e. The molecule has 2 aromatic rings. The van der Waals surface area contributed by atoms with E-state index in [1.54, 1.807) is 0 Å². The lowest BCUT2D eigenvalue weighted by molar-refractivity contribution is 0.173. The van der Waals surface area contributed by atoms with Crippen LogP contribution in [0.5, 0.6) is 11.5 Å². The number of aromatic nitrogens is 3. The highest BCUT2D eigenvalue weighted by Crippen LogP contribution is 2.35. The summed E-state index contributed by atoms with van der Waals surface area (Å²) in [6, 6.07) is 6.45. The van der Waals surface area contributed by atoms with Crippen molar-refractivity contribution in [2.75, 3.05) is 6.79 Å². The van der Waals surface area contributed by atoms with E-state index in [9.17, 15) is 0 Å². The number of hydrogen-bond donors (Lipinski definition) is 1. The largest absolute Gasteiger partial charge is 0.454 e. The summed E-state index contributed by atoms with van der Waals surface area (Å²) in [6.07, 6.45) is 2.06. The first-order valence-electron chi connectivity index (χ1n) is 8.25. The highest BCUT2D eigenvalue weighted by atomic mass is 16.7. The van der Waals surface area contributed by atoms with Crippen LogP contribution in [-0.4, -0.2) is 27.6 Å². The van der Waals surface area contributed by atoms with Crippen molar-refractivity contribution < 1.29 is 9.47 Å². The summed E-state index contributed by atoms with van der Waals surface area (Å²) in [4.78, 5) is 4.64. The smallest absolute Gasteiger partial charge is 0.231 e. The highest BCUT2D eigenvalue weighted by Gasteiger charge is 2.23. The molecule has 0 saturated heterocycles. The Morgan fingerprint density at radius 3 is 3.13 bits per heavy atom. The molecule has 0 saturated carbocycles. The van der Waals surface area contributed by atoms with Gasteiger partial charge in [-0.1, -0.05) is 26.0 Å². The summed E-state index contributed by atoms with van der Waals surface area (Å²) in [7, 11) is 0. The Kier molecular flexibility index (Phi) is 3.69. The van der Waals surface area contributed by atoms with E-state index in [1.807, 2.05) is 12.1 Å². The van der Waals surface area contributed by atoms with Gasteiger partial charge in [-0.3, -0.25) is 0 Å². The molecule has 4 rings (SSSR count). The molecule has 23 heavy (non-hydrogen) atoms. The summed E-state index contributed by atoms with van der Waals surface area (Å²) in [5, 5.41) is 8.26. The Bertz CT molecular complexity index is 711. The SMILES string of the molecule is CC(C)c1nc2n(n1)CC(NCc1cccc3c1OCO3)CC2. The van der Waals surface area contributed by atoms with Crippen molar-refractivity contribution >= 4 is 0 Å². The summed E-state index contributed by atoms with van der Waals surface area (Å²) in [5.41, 5.74) is 1.15.